The lowest BCUT2D eigenvalue weighted by Gasteiger charge is -2.29. The predicted molar refractivity (Wildman–Crippen MR) is 334 cm³/mol. The molecule has 0 heterocycles. The molecule has 0 aliphatic rings. The minimum absolute atomic E-state index is 0.00943. The van der Waals surface area contributed by atoms with Crippen LogP contribution in [0.2, 0.25) is 0 Å². The van der Waals surface area contributed by atoms with E-state index in [0.29, 0.717) is 17.4 Å². The summed E-state index contributed by atoms with van der Waals surface area (Å²) in [6, 6.07) is -0.910. The van der Waals surface area contributed by atoms with Crippen LogP contribution in [-0.2, 0) is 18.4 Å². The molecule has 0 spiro atoms. The topological polar surface area (TPSA) is 108 Å². The first-order chi connectivity index (χ1) is 37.5. The normalized spacial score (nSPS) is 14.4. The van der Waals surface area contributed by atoms with E-state index in [-0.39, 0.29) is 12.5 Å². The number of phosphoric ester groups is 1. The second-order valence-electron chi connectivity index (χ2n) is 22.7. The predicted octanol–water partition coefficient (Wildman–Crippen LogP) is 19.5. The number of phosphoric acid groups is 1. The number of unbranched alkanes of at least 4 members (excludes halogenated alkanes) is 31. The molecule has 0 fully saturated rings. The summed E-state index contributed by atoms with van der Waals surface area (Å²) in [4.78, 5) is 25.6. The third kappa shape index (κ3) is 60.9. The summed E-state index contributed by atoms with van der Waals surface area (Å²) >= 11 is 0. The number of hydrogen-bond donors (Lipinski definition) is 2. The first kappa shape index (κ1) is 74.4. The molecule has 0 saturated carbocycles. The molecule has 3 atom stereocenters. The fourth-order valence-electron chi connectivity index (χ4n) is 9.06. The van der Waals surface area contributed by atoms with E-state index < -0.39 is 26.6 Å². The molecule has 3 unspecified atom stereocenters. The van der Waals surface area contributed by atoms with Crippen molar-refractivity contribution in [1.82, 2.24) is 5.32 Å². The molecule has 8 nitrogen and oxygen atoms in total. The summed E-state index contributed by atoms with van der Waals surface area (Å²) in [5.74, 6) is -0.209. The lowest BCUT2D eigenvalue weighted by Crippen LogP contribution is -2.45. The second-order valence-corrected chi connectivity index (χ2v) is 24.1. The quantitative estimate of drug-likeness (QED) is 0.0272. The number of nitrogens with one attached hydrogen (secondary N) is 1. The van der Waals surface area contributed by atoms with Crippen LogP contribution in [0.25, 0.3) is 0 Å². The number of aliphatic hydroxyl groups excluding tert-OH is 1. The third-order valence-corrected chi connectivity index (χ3v) is 15.0. The van der Waals surface area contributed by atoms with E-state index in [9.17, 15) is 19.4 Å². The van der Waals surface area contributed by atoms with Gasteiger partial charge >= 0.3 is 0 Å². The molecule has 0 aromatic heterocycles. The SMILES string of the molecule is CC/C=C\C/C=C\C/C=C\C/C=C\C/C=C\C/C=C\CCCCCCCCCCCCCCCCC(=O)NC(COP(=O)([O-])OCC[N+](C)(C)C)C(O)/C=C/CC/C=C/CCCCCCCCCCCCCCCCCC. The fourth-order valence-corrected chi connectivity index (χ4v) is 9.78. The average Bonchev–Trinajstić information content (AvgIpc) is 3.39. The summed E-state index contributed by atoms with van der Waals surface area (Å²) in [5, 5.41) is 13.9. The van der Waals surface area contributed by atoms with Crippen LogP contribution in [0.1, 0.15) is 277 Å². The highest BCUT2D eigenvalue weighted by Gasteiger charge is 2.23. The third-order valence-electron chi connectivity index (χ3n) is 14.0. The average molecular weight is 1100 g/mol. The Labute approximate surface area is 477 Å². The van der Waals surface area contributed by atoms with Gasteiger partial charge in [0.2, 0.25) is 5.91 Å². The van der Waals surface area contributed by atoms with Crippen LogP contribution in [0.5, 0.6) is 0 Å². The van der Waals surface area contributed by atoms with E-state index in [2.05, 4.69) is 104 Å². The molecule has 0 saturated heterocycles. The number of allylic oxidation sites excluding steroid dienone is 15. The molecule has 0 aromatic carbocycles. The number of rotatable bonds is 58. The van der Waals surface area contributed by atoms with E-state index in [4.69, 9.17) is 9.05 Å². The second kappa shape index (κ2) is 58.1. The number of likely N-dealkylation sites (N-methyl/N-ethyl adjacent to an activating group) is 1. The molecule has 0 bridgehead atoms. The van der Waals surface area contributed by atoms with Crippen molar-refractivity contribution in [1.29, 1.82) is 0 Å². The highest BCUT2D eigenvalue weighted by Crippen LogP contribution is 2.38. The Morgan fingerprint density at radius 3 is 1.21 bits per heavy atom. The van der Waals surface area contributed by atoms with Crippen LogP contribution < -0.4 is 10.2 Å². The van der Waals surface area contributed by atoms with E-state index >= 15 is 0 Å². The van der Waals surface area contributed by atoms with Gasteiger partial charge in [0.1, 0.15) is 13.2 Å². The number of nitrogens with zero attached hydrogens (tertiary/aromatic N) is 1. The maximum Gasteiger partial charge on any atom is 0.268 e. The molecule has 9 heteroatoms. The fraction of sp³-hybridized carbons (Fsp3) is 0.750. The van der Waals surface area contributed by atoms with Crippen molar-refractivity contribution in [2.75, 3.05) is 40.9 Å². The van der Waals surface area contributed by atoms with Crippen molar-refractivity contribution in [3.8, 4) is 0 Å². The van der Waals surface area contributed by atoms with E-state index in [0.717, 1.165) is 77.0 Å². The largest absolute Gasteiger partial charge is 0.756 e. The molecule has 0 aliphatic heterocycles. The lowest BCUT2D eigenvalue weighted by molar-refractivity contribution is -0.870. The highest BCUT2D eigenvalue weighted by atomic mass is 31.2. The minimum atomic E-state index is -4.61. The van der Waals surface area contributed by atoms with Gasteiger partial charge in [-0.15, -0.1) is 0 Å². The Kier molecular flexibility index (Phi) is 56.1. The summed E-state index contributed by atoms with van der Waals surface area (Å²) < 4.78 is 23.4. The van der Waals surface area contributed by atoms with Crippen LogP contribution in [0.4, 0.5) is 0 Å². The van der Waals surface area contributed by atoms with Gasteiger partial charge in [-0.1, -0.05) is 284 Å². The van der Waals surface area contributed by atoms with Crippen molar-refractivity contribution in [2.24, 2.45) is 0 Å². The van der Waals surface area contributed by atoms with Gasteiger partial charge in [0, 0.05) is 6.42 Å². The molecule has 1 amide bonds. The Morgan fingerprint density at radius 1 is 0.468 bits per heavy atom. The van der Waals surface area contributed by atoms with E-state index in [1.807, 2.05) is 27.2 Å². The number of carbonyl (C=O) groups excluding carboxylic acids is 1. The van der Waals surface area contributed by atoms with Gasteiger partial charge in [-0.25, -0.2) is 0 Å². The Morgan fingerprint density at radius 2 is 0.805 bits per heavy atom. The minimum Gasteiger partial charge on any atom is -0.756 e. The van der Waals surface area contributed by atoms with Crippen molar-refractivity contribution < 1.29 is 32.9 Å². The van der Waals surface area contributed by atoms with Crippen LogP contribution in [0, 0.1) is 0 Å². The van der Waals surface area contributed by atoms with Crippen molar-refractivity contribution >= 4 is 13.7 Å². The maximum absolute atomic E-state index is 13.0. The molecule has 77 heavy (non-hydrogen) atoms. The van der Waals surface area contributed by atoms with Gasteiger partial charge in [-0.3, -0.25) is 9.36 Å². The molecule has 0 radical (unpaired) electrons. The van der Waals surface area contributed by atoms with Crippen molar-refractivity contribution in [3.05, 3.63) is 97.2 Å². The monoisotopic (exact) mass is 1090 g/mol. The van der Waals surface area contributed by atoms with Gasteiger partial charge in [-0.2, -0.15) is 0 Å². The lowest BCUT2D eigenvalue weighted by atomic mass is 10.0. The number of hydrogen-bond acceptors (Lipinski definition) is 6. The maximum atomic E-state index is 13.0. The zero-order valence-corrected chi connectivity index (χ0v) is 51.8. The Balaban J connectivity index is 4.16. The van der Waals surface area contributed by atoms with Gasteiger partial charge in [0.05, 0.1) is 39.9 Å². The Hall–Kier alpha value is -2.58. The Bertz CT molecular complexity index is 1570. The first-order valence-corrected chi connectivity index (χ1v) is 33.6. The molecule has 0 aliphatic carbocycles. The van der Waals surface area contributed by atoms with Crippen LogP contribution in [-0.4, -0.2) is 68.5 Å². The van der Waals surface area contributed by atoms with Crippen molar-refractivity contribution in [2.45, 2.75) is 289 Å². The van der Waals surface area contributed by atoms with Gasteiger partial charge in [0.15, 0.2) is 0 Å². The number of amides is 1. The van der Waals surface area contributed by atoms with Gasteiger partial charge in [-0.05, 0) is 83.5 Å². The van der Waals surface area contributed by atoms with Crippen LogP contribution >= 0.6 is 7.82 Å². The van der Waals surface area contributed by atoms with E-state index in [1.165, 1.54) is 180 Å². The summed E-state index contributed by atoms with van der Waals surface area (Å²) in [5.41, 5.74) is 0. The molecule has 0 aromatic rings. The molecule has 446 valence electrons. The summed E-state index contributed by atoms with van der Waals surface area (Å²) in [6.07, 6.45) is 83.6. The molecular formula is C68H123N2O6P. The van der Waals surface area contributed by atoms with Crippen molar-refractivity contribution in [3.63, 3.8) is 0 Å². The first-order valence-electron chi connectivity index (χ1n) is 32.1. The van der Waals surface area contributed by atoms with Crippen LogP contribution in [0.15, 0.2) is 97.2 Å². The highest BCUT2D eigenvalue weighted by molar-refractivity contribution is 7.45. The molecular weight excluding hydrogens is 972 g/mol. The molecule has 0 rings (SSSR count). The van der Waals surface area contributed by atoms with E-state index in [1.54, 1.807) is 6.08 Å². The van der Waals surface area contributed by atoms with Gasteiger partial charge < -0.3 is 28.8 Å². The standard InChI is InChI=1S/C68H123N2O6P/c1-6-8-10-12-14-16-18-20-22-24-26-28-30-31-32-33-34-35-36-37-38-39-40-42-44-46-48-50-52-54-56-58-60-62-68(72)69-66(65-76-77(73,74)75-64-63-70(3,4)5)67(71)61-59-57-55-53-51-49-47-45-43-41-29-27-25-23-21-19-17-15-13-11-9-7-2/h8,10,14,16,20,22,26,28,31-32,34-35,51,53,59,61,66-67,71H,6-7,9,11-13,15,17-19,21,23-25,27,29-30,33,36-50,52,54-58,60,62-65H2,1-5H3,(H-,69,72,73,74)/b10-8-,16-14-,22-20-,28-26-,32-31-,35-34-,53-51+,61-59+. The summed E-state index contributed by atoms with van der Waals surface area (Å²) in [6.45, 7) is 4.53. The number of aliphatic hydroxyl groups is 1. The number of carbonyl (C=O) groups is 1. The number of quaternary nitrogens is 1. The van der Waals surface area contributed by atoms with Gasteiger partial charge in [0.25, 0.3) is 7.82 Å². The zero-order chi connectivity index (χ0) is 56.3. The molecule has 2 N–H and O–H groups in total. The zero-order valence-electron chi connectivity index (χ0n) is 50.9. The summed E-state index contributed by atoms with van der Waals surface area (Å²) in [7, 11) is 1.24. The van der Waals surface area contributed by atoms with Crippen LogP contribution in [0.3, 0.4) is 0 Å². The smallest absolute Gasteiger partial charge is 0.268 e.